The molecule has 0 unspecified atom stereocenters. The quantitative estimate of drug-likeness (QED) is 0.157. The lowest BCUT2D eigenvalue weighted by molar-refractivity contribution is 1.29. The predicted molar refractivity (Wildman–Crippen MR) is 256 cm³/mol. The Morgan fingerprint density at radius 1 is 0.452 bits per heavy atom. The van der Waals surface area contributed by atoms with E-state index in [0.717, 1.165) is 9.80 Å². The Bertz CT molecular complexity index is 5040. The Labute approximate surface area is 389 Å². The molecule has 0 saturated heterocycles. The molecular weight excluding hydrogens is 757 g/mol. The van der Waals surface area contributed by atoms with Gasteiger partial charge in [-0.15, -0.1) is 0 Å². The molecule has 286 valence electrons. The normalized spacial score (nSPS) is 17.3. The second-order valence-corrected chi connectivity index (χ2v) is 14.1. The minimum Gasteiger partial charge on any atom is -0.310 e. The van der Waals surface area contributed by atoms with Crippen LogP contribution in [-0.2, 0) is 0 Å². The van der Waals surface area contributed by atoms with E-state index in [1.807, 2.05) is 6.07 Å². The molecule has 6 heteroatoms. The minimum atomic E-state index is -0.837. The van der Waals surface area contributed by atoms with E-state index in [9.17, 15) is 24.5 Å². The molecule has 0 spiro atoms. The summed E-state index contributed by atoms with van der Waals surface area (Å²) in [4.78, 5) is 5.53. The Hall–Kier alpha value is -8.84. The van der Waals surface area contributed by atoms with E-state index in [1.165, 1.54) is 57.3 Å². The Kier molecular flexibility index (Phi) is 3.76. The zero-order valence-electron chi connectivity index (χ0n) is 55.3. The van der Waals surface area contributed by atoms with Crippen LogP contribution in [0.3, 0.4) is 0 Å². The van der Waals surface area contributed by atoms with Gasteiger partial charge in [0.25, 0.3) is 0 Å². The van der Waals surface area contributed by atoms with Crippen molar-refractivity contribution in [3.63, 3.8) is 0 Å². The standard InChI is InChI=1S/C56H32N6/c1-58-36-26-30-40(31-27-36)60(38-14-6-3-7-15-38)48-21-11-23-50-54(48)44-19-9-17-42-46-32-51-45(33-52(46)62(50)56(42)44)41-16-8-18-43-53-47(20-10-22-49(53)61(51)55(41)43)59(37-12-4-2-5-13-37)39-28-24-35(34-57)25-29-39/h2-33H/i2D,3D,4D,5D,6D,7D,8D,9D,10D,11D,12D,13D,14D,15D,16D,17D,18D,19D,20D,21D,22D,23D,32D,33D. The SMILES string of the molecule is [2H]c1c([2H])c([2H])c(N(c2ccc(C#N)cc2)c2c([2H])c([2H])c([2H])c3c2c2c([2H])c([2H])c([2H])c4c5c([2H])c6c(c([2H])c5n3c24)c2c([2H])c([2H])c([2H])c3c4c(N(c5ccc([N+]#[C-])cc5)c5c([2H])c([2H])c([2H])c([2H])c5[2H])c([2H])c([2H])c([2H])c4n6c32)c([2H])c1[2H]. The molecule has 9 aromatic carbocycles. The van der Waals surface area contributed by atoms with Gasteiger partial charge < -0.3 is 18.6 Å². The summed E-state index contributed by atoms with van der Waals surface area (Å²) in [5, 5.41) is 7.31. The van der Waals surface area contributed by atoms with E-state index in [4.69, 9.17) is 20.3 Å². The molecule has 0 aliphatic carbocycles. The highest BCUT2D eigenvalue weighted by atomic mass is 15.2. The fraction of sp³-hybridized carbons (Fsp3) is 0. The van der Waals surface area contributed by atoms with E-state index < -0.39 is 168 Å². The van der Waals surface area contributed by atoms with Gasteiger partial charge in [0.2, 0.25) is 0 Å². The fourth-order valence-electron chi connectivity index (χ4n) is 8.55. The summed E-state index contributed by atoms with van der Waals surface area (Å²) in [6, 6.07) is -5.58. The molecule has 0 aliphatic heterocycles. The first-order valence-electron chi connectivity index (χ1n) is 30.7. The van der Waals surface area contributed by atoms with Crippen LogP contribution < -0.4 is 9.80 Å². The van der Waals surface area contributed by atoms with Crippen molar-refractivity contribution in [2.75, 3.05) is 9.80 Å². The van der Waals surface area contributed by atoms with Crippen molar-refractivity contribution >= 4 is 116 Å². The first-order valence-corrected chi connectivity index (χ1v) is 18.7. The summed E-state index contributed by atoms with van der Waals surface area (Å²) in [5.74, 6) is 0. The summed E-state index contributed by atoms with van der Waals surface area (Å²) in [6.07, 6.45) is 0. The minimum absolute atomic E-state index is 0.0348. The summed E-state index contributed by atoms with van der Waals surface area (Å²) < 4.78 is 226. The van der Waals surface area contributed by atoms with Crippen LogP contribution in [0.25, 0.3) is 81.0 Å². The Balaban J connectivity index is 1.26. The summed E-state index contributed by atoms with van der Waals surface area (Å²) in [7, 11) is 0. The van der Waals surface area contributed by atoms with Crippen molar-refractivity contribution in [3.8, 4) is 6.07 Å². The van der Waals surface area contributed by atoms with Crippen LogP contribution in [0, 0.1) is 17.9 Å². The van der Waals surface area contributed by atoms with E-state index in [-0.39, 0.29) is 98.8 Å². The molecule has 0 N–H and O–H groups in total. The first kappa shape index (κ1) is 18.2. The second kappa shape index (κ2) is 12.8. The summed E-state index contributed by atoms with van der Waals surface area (Å²) in [6.45, 7) is 7.62. The van der Waals surface area contributed by atoms with Gasteiger partial charge in [-0.05, 0) is 96.8 Å². The number of anilines is 6. The largest absolute Gasteiger partial charge is 0.310 e. The molecule has 62 heavy (non-hydrogen) atoms. The number of rotatable bonds is 6. The second-order valence-electron chi connectivity index (χ2n) is 14.1. The van der Waals surface area contributed by atoms with Gasteiger partial charge >= 0.3 is 0 Å². The smallest absolute Gasteiger partial charge is 0.187 e. The van der Waals surface area contributed by atoms with Crippen molar-refractivity contribution in [1.29, 1.82) is 5.26 Å². The van der Waals surface area contributed by atoms with Crippen molar-refractivity contribution in [2.45, 2.75) is 0 Å². The number of hydrogen-bond donors (Lipinski definition) is 0. The van der Waals surface area contributed by atoms with Gasteiger partial charge in [0.15, 0.2) is 5.69 Å². The van der Waals surface area contributed by atoms with Crippen molar-refractivity contribution in [1.82, 2.24) is 8.80 Å². The van der Waals surface area contributed by atoms with Gasteiger partial charge in [-0.25, -0.2) is 4.85 Å². The number of hydrogen-bond acceptors (Lipinski definition) is 3. The third-order valence-corrected chi connectivity index (χ3v) is 11.0. The molecular formula is C56H32N6. The van der Waals surface area contributed by atoms with Crippen LogP contribution in [0.2, 0.25) is 0 Å². The first-order chi connectivity index (χ1) is 40.7. The van der Waals surface area contributed by atoms with Gasteiger partial charge in [-0.1, -0.05) is 96.7 Å². The third-order valence-electron chi connectivity index (χ3n) is 11.0. The molecule has 4 aromatic heterocycles. The molecule has 6 nitrogen and oxygen atoms in total. The summed E-state index contributed by atoms with van der Waals surface area (Å²) >= 11 is 0. The Morgan fingerprint density at radius 2 is 0.887 bits per heavy atom. The van der Waals surface area contributed by atoms with Gasteiger partial charge in [-0.2, -0.15) is 5.26 Å². The molecule has 0 amide bonds. The molecule has 0 bridgehead atoms. The number of fused-ring (bicyclic) bond motifs is 12. The molecule has 0 fully saturated rings. The maximum atomic E-state index is 10.4. The Morgan fingerprint density at radius 3 is 1.34 bits per heavy atom. The zero-order chi connectivity index (χ0) is 61.9. The van der Waals surface area contributed by atoms with Gasteiger partial charge in [0, 0.05) is 65.8 Å². The van der Waals surface area contributed by atoms with E-state index in [1.54, 1.807) is 0 Å². The van der Waals surface area contributed by atoms with Crippen LogP contribution in [0.1, 0.15) is 38.5 Å². The molecule has 0 atom stereocenters. The number of nitrogens with zero attached hydrogens (tertiary/aromatic N) is 6. The molecule has 0 saturated carbocycles. The highest BCUT2D eigenvalue weighted by molar-refractivity contribution is 6.31. The maximum absolute atomic E-state index is 10.4. The number of para-hydroxylation sites is 4. The third kappa shape index (κ3) is 4.61. The lowest BCUT2D eigenvalue weighted by atomic mass is 10.0. The van der Waals surface area contributed by atoms with Gasteiger partial charge in [0.05, 0.1) is 95.6 Å². The van der Waals surface area contributed by atoms with Crippen molar-refractivity contribution < 1.29 is 32.9 Å². The highest BCUT2D eigenvalue weighted by Crippen LogP contribution is 2.50. The zero-order valence-corrected chi connectivity index (χ0v) is 31.3. The van der Waals surface area contributed by atoms with Crippen LogP contribution in [0.5, 0.6) is 0 Å². The average molecular weight is 813 g/mol. The van der Waals surface area contributed by atoms with Crippen LogP contribution in [-0.4, -0.2) is 8.80 Å². The predicted octanol–water partition coefficient (Wildman–Crippen LogP) is 15.3. The van der Waals surface area contributed by atoms with Crippen molar-refractivity contribution in [3.05, 3.63) is 211 Å². The lowest BCUT2D eigenvalue weighted by Gasteiger charge is -2.26. The topological polar surface area (TPSA) is 43.5 Å². The van der Waals surface area contributed by atoms with Crippen LogP contribution in [0.15, 0.2) is 194 Å². The highest BCUT2D eigenvalue weighted by Gasteiger charge is 2.26. The molecule has 0 aliphatic rings. The molecule has 13 aromatic rings. The molecule has 13 rings (SSSR count). The number of nitriles is 1. The van der Waals surface area contributed by atoms with E-state index in [0.29, 0.717) is 0 Å². The maximum Gasteiger partial charge on any atom is 0.187 e. The van der Waals surface area contributed by atoms with Crippen LogP contribution in [0.4, 0.5) is 39.8 Å². The van der Waals surface area contributed by atoms with Gasteiger partial charge in [-0.3, -0.25) is 0 Å². The van der Waals surface area contributed by atoms with Crippen LogP contribution >= 0.6 is 0 Å². The number of benzene rings is 9. The monoisotopic (exact) mass is 812 g/mol. The van der Waals surface area contributed by atoms with E-state index in [2.05, 4.69) is 4.85 Å². The average Bonchev–Trinajstić information content (AvgIpc) is 1.51. The van der Waals surface area contributed by atoms with E-state index >= 15 is 0 Å². The van der Waals surface area contributed by atoms with Crippen molar-refractivity contribution in [2.24, 2.45) is 0 Å². The number of aromatic nitrogens is 2. The fourth-order valence-corrected chi connectivity index (χ4v) is 8.55. The summed E-state index contributed by atoms with van der Waals surface area (Å²) in [5.41, 5.74) is -3.76. The molecule has 4 heterocycles. The molecule has 0 radical (unpaired) electrons. The lowest BCUT2D eigenvalue weighted by Crippen LogP contribution is -2.10. The van der Waals surface area contributed by atoms with Gasteiger partial charge in [0.1, 0.15) is 0 Å².